The average Bonchev–Trinajstić information content (AvgIpc) is 2.86. The molecule has 2 rings (SSSR count). The van der Waals surface area contributed by atoms with Gasteiger partial charge in [0, 0.05) is 13.1 Å². The van der Waals surface area contributed by atoms with Crippen molar-refractivity contribution in [1.82, 2.24) is 10.2 Å². The van der Waals surface area contributed by atoms with E-state index < -0.39 is 11.5 Å². The molecule has 0 aromatic heterocycles. The fraction of sp³-hybridized carbons (Fsp3) is 0.867. The van der Waals surface area contributed by atoms with Crippen LogP contribution in [0, 0.1) is 11.8 Å². The summed E-state index contributed by atoms with van der Waals surface area (Å²) in [5.74, 6) is 0.233. The highest BCUT2D eigenvalue weighted by atomic mass is 16.4. The van der Waals surface area contributed by atoms with E-state index >= 15 is 0 Å². The number of rotatable bonds is 3. The Labute approximate surface area is 120 Å². The zero-order valence-corrected chi connectivity index (χ0v) is 12.5. The van der Waals surface area contributed by atoms with Gasteiger partial charge in [-0.3, -0.25) is 0 Å². The standard InChI is InChI=1S/C15H26N2O3/c1-3-12-4-7-15(8-5-12,13(18)19)16-14(20)17-9-6-11(2)10-17/h11-12H,3-10H2,1-2H3,(H,16,20)(H,18,19). The molecule has 0 bridgehead atoms. The number of aliphatic carboxylic acids is 1. The number of nitrogens with zero attached hydrogens (tertiary/aromatic N) is 1. The number of carboxylic acid groups (broad SMARTS) is 1. The minimum Gasteiger partial charge on any atom is -0.480 e. The van der Waals surface area contributed by atoms with Crippen LogP contribution in [0.25, 0.3) is 0 Å². The van der Waals surface area contributed by atoms with Crippen LogP contribution >= 0.6 is 0 Å². The van der Waals surface area contributed by atoms with E-state index in [0.29, 0.717) is 24.7 Å². The summed E-state index contributed by atoms with van der Waals surface area (Å²) in [6.45, 7) is 5.73. The van der Waals surface area contributed by atoms with E-state index in [0.717, 1.165) is 38.8 Å². The Kier molecular flexibility index (Phi) is 4.55. The van der Waals surface area contributed by atoms with E-state index in [1.807, 2.05) is 0 Å². The van der Waals surface area contributed by atoms with Crippen molar-refractivity contribution in [3.63, 3.8) is 0 Å². The second-order valence-corrected chi connectivity index (χ2v) is 6.51. The molecule has 1 heterocycles. The summed E-state index contributed by atoms with van der Waals surface area (Å²) in [5, 5.41) is 12.4. The smallest absolute Gasteiger partial charge is 0.329 e. The molecule has 1 aliphatic heterocycles. The maximum Gasteiger partial charge on any atom is 0.329 e. The maximum atomic E-state index is 12.3. The Morgan fingerprint density at radius 2 is 1.95 bits per heavy atom. The maximum absolute atomic E-state index is 12.3. The first-order chi connectivity index (χ1) is 9.47. The van der Waals surface area contributed by atoms with Crippen molar-refractivity contribution >= 4 is 12.0 Å². The normalized spacial score (nSPS) is 34.0. The number of carboxylic acids is 1. The van der Waals surface area contributed by atoms with Crippen LogP contribution in [0.5, 0.6) is 0 Å². The van der Waals surface area contributed by atoms with Gasteiger partial charge in [-0.1, -0.05) is 20.3 Å². The molecule has 2 fully saturated rings. The quantitative estimate of drug-likeness (QED) is 0.835. The van der Waals surface area contributed by atoms with Crippen molar-refractivity contribution in [1.29, 1.82) is 0 Å². The molecule has 2 amide bonds. The van der Waals surface area contributed by atoms with Crippen LogP contribution in [0.1, 0.15) is 52.4 Å². The molecule has 5 nitrogen and oxygen atoms in total. The van der Waals surface area contributed by atoms with Crippen LogP contribution in [-0.2, 0) is 4.79 Å². The number of hydrogen-bond acceptors (Lipinski definition) is 2. The number of likely N-dealkylation sites (tertiary alicyclic amines) is 1. The first-order valence-electron chi connectivity index (χ1n) is 7.77. The minimum atomic E-state index is -1.05. The van der Waals surface area contributed by atoms with Crippen molar-refractivity contribution in [3.05, 3.63) is 0 Å². The molecule has 1 saturated carbocycles. The molecule has 1 saturated heterocycles. The molecule has 0 aromatic rings. The highest BCUT2D eigenvalue weighted by Gasteiger charge is 2.44. The summed E-state index contributed by atoms with van der Waals surface area (Å²) < 4.78 is 0. The van der Waals surface area contributed by atoms with Gasteiger partial charge < -0.3 is 15.3 Å². The molecule has 0 spiro atoms. The molecule has 0 aromatic carbocycles. The average molecular weight is 282 g/mol. The largest absolute Gasteiger partial charge is 0.480 e. The number of hydrogen-bond donors (Lipinski definition) is 2. The number of carbonyl (C=O) groups excluding carboxylic acids is 1. The van der Waals surface area contributed by atoms with Gasteiger partial charge in [-0.25, -0.2) is 9.59 Å². The summed E-state index contributed by atoms with van der Waals surface area (Å²) in [4.78, 5) is 25.7. The second kappa shape index (κ2) is 6.02. The van der Waals surface area contributed by atoms with Gasteiger partial charge in [-0.15, -0.1) is 0 Å². The predicted octanol–water partition coefficient (Wildman–Crippen LogP) is 2.46. The van der Waals surface area contributed by atoms with Crippen molar-refractivity contribution in [3.8, 4) is 0 Å². The topological polar surface area (TPSA) is 69.6 Å². The Morgan fingerprint density at radius 3 is 2.40 bits per heavy atom. The monoisotopic (exact) mass is 282 g/mol. The van der Waals surface area contributed by atoms with E-state index in [1.165, 1.54) is 0 Å². The molecular weight excluding hydrogens is 256 g/mol. The molecule has 114 valence electrons. The molecule has 20 heavy (non-hydrogen) atoms. The first-order valence-corrected chi connectivity index (χ1v) is 7.77. The minimum absolute atomic E-state index is 0.202. The number of carbonyl (C=O) groups is 2. The van der Waals surface area contributed by atoms with Crippen LogP contribution in [0.15, 0.2) is 0 Å². The highest BCUT2D eigenvalue weighted by Crippen LogP contribution is 2.34. The number of nitrogens with one attached hydrogen (secondary N) is 1. The highest BCUT2D eigenvalue weighted by molar-refractivity contribution is 5.86. The lowest BCUT2D eigenvalue weighted by atomic mass is 9.75. The summed E-state index contributed by atoms with van der Waals surface area (Å²) in [6.07, 6.45) is 4.98. The predicted molar refractivity (Wildman–Crippen MR) is 76.5 cm³/mol. The fourth-order valence-electron chi connectivity index (χ4n) is 3.37. The second-order valence-electron chi connectivity index (χ2n) is 6.51. The van der Waals surface area contributed by atoms with Crippen LogP contribution in [0.3, 0.4) is 0 Å². The molecule has 2 N–H and O–H groups in total. The Balaban J connectivity index is 1.99. The lowest BCUT2D eigenvalue weighted by Crippen LogP contribution is -2.59. The van der Waals surface area contributed by atoms with Gasteiger partial charge >= 0.3 is 12.0 Å². The van der Waals surface area contributed by atoms with Gasteiger partial charge in [-0.2, -0.15) is 0 Å². The summed E-state index contributed by atoms with van der Waals surface area (Å²) in [7, 11) is 0. The summed E-state index contributed by atoms with van der Waals surface area (Å²) in [6, 6.07) is -0.202. The van der Waals surface area contributed by atoms with E-state index in [4.69, 9.17) is 0 Å². The van der Waals surface area contributed by atoms with E-state index in [1.54, 1.807) is 4.90 Å². The molecule has 5 heteroatoms. The van der Waals surface area contributed by atoms with E-state index in [2.05, 4.69) is 19.2 Å². The van der Waals surface area contributed by atoms with Gasteiger partial charge in [0.1, 0.15) is 5.54 Å². The van der Waals surface area contributed by atoms with Crippen molar-refractivity contribution in [2.24, 2.45) is 11.8 Å². The lowest BCUT2D eigenvalue weighted by Gasteiger charge is -2.38. The van der Waals surface area contributed by atoms with Crippen LogP contribution in [0.4, 0.5) is 4.79 Å². The molecular formula is C15H26N2O3. The van der Waals surface area contributed by atoms with Crippen LogP contribution in [0.2, 0.25) is 0 Å². The molecule has 1 unspecified atom stereocenters. The first kappa shape index (κ1) is 15.1. The van der Waals surface area contributed by atoms with Gasteiger partial charge in [0.15, 0.2) is 0 Å². The zero-order chi connectivity index (χ0) is 14.8. The third-order valence-corrected chi connectivity index (χ3v) is 5.00. The zero-order valence-electron chi connectivity index (χ0n) is 12.5. The summed E-state index contributed by atoms with van der Waals surface area (Å²) in [5.41, 5.74) is -1.05. The van der Waals surface area contributed by atoms with Crippen LogP contribution < -0.4 is 5.32 Å². The fourth-order valence-corrected chi connectivity index (χ4v) is 3.37. The molecule has 1 atom stereocenters. The number of amides is 2. The number of urea groups is 1. The Bertz CT molecular complexity index is 375. The third-order valence-electron chi connectivity index (χ3n) is 5.00. The Morgan fingerprint density at radius 1 is 1.30 bits per heavy atom. The van der Waals surface area contributed by atoms with Crippen molar-refractivity contribution in [2.45, 2.75) is 57.9 Å². The van der Waals surface area contributed by atoms with Gasteiger partial charge in [0.05, 0.1) is 0 Å². The van der Waals surface area contributed by atoms with E-state index in [9.17, 15) is 14.7 Å². The Hall–Kier alpha value is -1.26. The van der Waals surface area contributed by atoms with Gasteiger partial charge in [0.25, 0.3) is 0 Å². The SMILES string of the molecule is CCC1CCC(NC(=O)N2CCC(C)C2)(C(=O)O)CC1. The van der Waals surface area contributed by atoms with E-state index in [-0.39, 0.29) is 6.03 Å². The van der Waals surface area contributed by atoms with Crippen molar-refractivity contribution < 1.29 is 14.7 Å². The van der Waals surface area contributed by atoms with Crippen molar-refractivity contribution in [2.75, 3.05) is 13.1 Å². The molecule has 0 radical (unpaired) electrons. The molecule has 2 aliphatic rings. The third kappa shape index (κ3) is 3.07. The summed E-state index contributed by atoms with van der Waals surface area (Å²) >= 11 is 0. The van der Waals surface area contributed by atoms with Gasteiger partial charge in [0.2, 0.25) is 0 Å². The van der Waals surface area contributed by atoms with Crippen LogP contribution in [-0.4, -0.2) is 40.6 Å². The van der Waals surface area contributed by atoms with Gasteiger partial charge in [-0.05, 0) is 43.9 Å². The molecule has 1 aliphatic carbocycles. The lowest BCUT2D eigenvalue weighted by molar-refractivity contribution is -0.146.